The Hall–Kier alpha value is -2.15. The fourth-order valence-electron chi connectivity index (χ4n) is 1.94. The van der Waals surface area contributed by atoms with Crippen molar-refractivity contribution in [3.63, 3.8) is 0 Å². The first-order valence-corrected chi connectivity index (χ1v) is 5.95. The number of hydrogen-bond acceptors (Lipinski definition) is 3. The van der Waals surface area contributed by atoms with E-state index in [1.54, 1.807) is 12.1 Å². The highest BCUT2D eigenvalue weighted by Gasteiger charge is 2.34. The van der Waals surface area contributed by atoms with E-state index >= 15 is 0 Å². The second-order valence-electron chi connectivity index (χ2n) is 4.32. The highest BCUT2D eigenvalue weighted by atomic mass is 19.4. The smallest absolute Gasteiger partial charge is 0.419 e. The van der Waals surface area contributed by atoms with Crippen molar-refractivity contribution in [2.45, 2.75) is 12.2 Å². The molecule has 1 aromatic carbocycles. The molecular weight excluding hydrogens is 288 g/mol. The molecule has 0 aliphatic carbocycles. The molecule has 0 saturated carbocycles. The van der Waals surface area contributed by atoms with Gasteiger partial charge in [0.2, 0.25) is 5.88 Å². The summed E-state index contributed by atoms with van der Waals surface area (Å²) in [7, 11) is 1.39. The molecule has 0 fully saturated rings. The number of ether oxygens (including phenoxy) is 1. The summed E-state index contributed by atoms with van der Waals surface area (Å²) in [6.07, 6.45) is -3.25. The molecule has 0 aliphatic rings. The Kier molecular flexibility index (Phi) is 4.13. The molecule has 0 spiro atoms. The zero-order chi connectivity index (χ0) is 15.6. The van der Waals surface area contributed by atoms with Crippen LogP contribution in [0.2, 0.25) is 0 Å². The number of pyridine rings is 1. The molecule has 21 heavy (non-hydrogen) atoms. The van der Waals surface area contributed by atoms with E-state index in [1.807, 2.05) is 0 Å². The molecule has 2 N–H and O–H groups in total. The summed E-state index contributed by atoms with van der Waals surface area (Å²) in [5.41, 5.74) is 5.29. The van der Waals surface area contributed by atoms with Gasteiger partial charge in [0.1, 0.15) is 5.82 Å². The largest absolute Gasteiger partial charge is 0.481 e. The summed E-state index contributed by atoms with van der Waals surface area (Å²) >= 11 is 0. The van der Waals surface area contributed by atoms with Crippen LogP contribution in [0.15, 0.2) is 36.5 Å². The molecule has 0 amide bonds. The van der Waals surface area contributed by atoms with E-state index in [0.29, 0.717) is 11.6 Å². The average molecular weight is 300 g/mol. The average Bonchev–Trinajstić information content (AvgIpc) is 2.45. The molecule has 7 heteroatoms. The van der Waals surface area contributed by atoms with Gasteiger partial charge in [-0.15, -0.1) is 0 Å². The number of halogens is 4. The van der Waals surface area contributed by atoms with Crippen LogP contribution in [0.1, 0.15) is 22.7 Å². The molecule has 2 aromatic rings. The van der Waals surface area contributed by atoms with Gasteiger partial charge in [-0.1, -0.05) is 12.1 Å². The second kappa shape index (κ2) is 5.69. The van der Waals surface area contributed by atoms with E-state index in [-0.39, 0.29) is 11.4 Å². The van der Waals surface area contributed by atoms with E-state index in [1.165, 1.54) is 13.3 Å². The maximum Gasteiger partial charge on any atom is 0.419 e. The normalized spacial score (nSPS) is 13.0. The summed E-state index contributed by atoms with van der Waals surface area (Å²) in [5, 5.41) is 0. The number of benzene rings is 1. The lowest BCUT2D eigenvalue weighted by atomic mass is 9.99. The predicted octanol–water partition coefficient (Wildman–Crippen LogP) is 3.30. The zero-order valence-corrected chi connectivity index (χ0v) is 11.0. The Balaban J connectivity index is 2.41. The number of hydrogen-bond donors (Lipinski definition) is 1. The standard InChI is InChI=1S/C14H12F4N2O/c1-21-13-9(3-2-6-20-13)12(19)8-4-5-10(11(15)7-8)14(16,17)18/h2-7,12H,19H2,1H3. The van der Waals surface area contributed by atoms with Gasteiger partial charge in [-0.3, -0.25) is 0 Å². The summed E-state index contributed by atoms with van der Waals surface area (Å²) in [6, 6.07) is 4.98. The van der Waals surface area contributed by atoms with E-state index in [9.17, 15) is 17.6 Å². The van der Waals surface area contributed by atoms with Gasteiger partial charge in [-0.2, -0.15) is 13.2 Å². The number of nitrogens with two attached hydrogens (primary N) is 1. The topological polar surface area (TPSA) is 48.1 Å². The van der Waals surface area contributed by atoms with Crippen LogP contribution in [0.25, 0.3) is 0 Å². The molecule has 1 atom stereocenters. The maximum absolute atomic E-state index is 13.6. The van der Waals surface area contributed by atoms with Crippen molar-refractivity contribution in [1.29, 1.82) is 0 Å². The number of methoxy groups -OCH3 is 1. The minimum Gasteiger partial charge on any atom is -0.481 e. The number of nitrogens with zero attached hydrogens (tertiary/aromatic N) is 1. The number of alkyl halides is 3. The first-order valence-electron chi connectivity index (χ1n) is 5.95. The van der Waals surface area contributed by atoms with Gasteiger partial charge in [0, 0.05) is 11.8 Å². The Morgan fingerprint density at radius 2 is 1.95 bits per heavy atom. The van der Waals surface area contributed by atoms with E-state index in [2.05, 4.69) is 4.98 Å². The van der Waals surface area contributed by atoms with Crippen LogP contribution < -0.4 is 10.5 Å². The van der Waals surface area contributed by atoms with E-state index < -0.39 is 23.6 Å². The van der Waals surface area contributed by atoms with Gasteiger partial charge in [-0.05, 0) is 23.8 Å². The lowest BCUT2D eigenvalue weighted by molar-refractivity contribution is -0.140. The Morgan fingerprint density at radius 1 is 1.24 bits per heavy atom. The third kappa shape index (κ3) is 3.13. The molecule has 1 aromatic heterocycles. The summed E-state index contributed by atoms with van der Waals surface area (Å²) < 4.78 is 56.2. The van der Waals surface area contributed by atoms with Crippen molar-refractivity contribution in [3.8, 4) is 5.88 Å². The van der Waals surface area contributed by atoms with Crippen LogP contribution in [-0.2, 0) is 6.18 Å². The minimum absolute atomic E-state index is 0.201. The summed E-state index contributed by atoms with van der Waals surface area (Å²) in [5.74, 6) is -1.12. The Morgan fingerprint density at radius 3 is 2.52 bits per heavy atom. The first kappa shape index (κ1) is 15.2. The van der Waals surface area contributed by atoms with Crippen LogP contribution >= 0.6 is 0 Å². The van der Waals surface area contributed by atoms with Gasteiger partial charge < -0.3 is 10.5 Å². The van der Waals surface area contributed by atoms with E-state index in [0.717, 1.165) is 12.1 Å². The molecule has 1 heterocycles. The molecule has 3 nitrogen and oxygen atoms in total. The fourth-order valence-corrected chi connectivity index (χ4v) is 1.94. The van der Waals surface area contributed by atoms with Crippen molar-refractivity contribution in [2.75, 3.05) is 7.11 Å². The second-order valence-corrected chi connectivity index (χ2v) is 4.32. The lowest BCUT2D eigenvalue weighted by Gasteiger charge is -2.16. The van der Waals surface area contributed by atoms with Gasteiger partial charge in [0.15, 0.2) is 0 Å². The highest BCUT2D eigenvalue weighted by molar-refractivity contribution is 5.38. The molecule has 0 radical (unpaired) electrons. The van der Waals surface area contributed by atoms with Crippen molar-refractivity contribution in [2.24, 2.45) is 5.73 Å². The van der Waals surface area contributed by atoms with Crippen molar-refractivity contribution < 1.29 is 22.3 Å². The third-order valence-corrected chi connectivity index (χ3v) is 2.99. The van der Waals surface area contributed by atoms with Crippen LogP contribution in [0.5, 0.6) is 5.88 Å². The summed E-state index contributed by atoms with van der Waals surface area (Å²) in [6.45, 7) is 0. The van der Waals surface area contributed by atoms with Gasteiger partial charge in [0.25, 0.3) is 0 Å². The van der Waals surface area contributed by atoms with Crippen molar-refractivity contribution in [1.82, 2.24) is 4.98 Å². The van der Waals surface area contributed by atoms with Crippen molar-refractivity contribution >= 4 is 0 Å². The molecule has 112 valence electrons. The molecule has 0 aliphatic heterocycles. The first-order chi connectivity index (χ1) is 9.84. The SMILES string of the molecule is COc1ncccc1C(N)c1ccc(C(F)(F)F)c(F)c1. The highest BCUT2D eigenvalue weighted by Crippen LogP contribution is 2.33. The van der Waals surface area contributed by atoms with Crippen LogP contribution in [0.4, 0.5) is 17.6 Å². The minimum atomic E-state index is -4.74. The van der Waals surface area contributed by atoms with E-state index in [4.69, 9.17) is 10.5 Å². The van der Waals surface area contributed by atoms with Gasteiger partial charge in [0.05, 0.1) is 18.7 Å². The molecule has 0 bridgehead atoms. The number of rotatable bonds is 3. The maximum atomic E-state index is 13.6. The lowest BCUT2D eigenvalue weighted by Crippen LogP contribution is -2.15. The predicted molar refractivity (Wildman–Crippen MR) is 68.2 cm³/mol. The Labute approximate surface area is 118 Å². The zero-order valence-electron chi connectivity index (χ0n) is 11.0. The van der Waals surface area contributed by atoms with Gasteiger partial charge >= 0.3 is 6.18 Å². The quantitative estimate of drug-likeness (QED) is 0.885. The summed E-state index contributed by atoms with van der Waals surface area (Å²) in [4.78, 5) is 3.95. The van der Waals surface area contributed by atoms with Crippen LogP contribution in [0, 0.1) is 5.82 Å². The monoisotopic (exact) mass is 300 g/mol. The van der Waals surface area contributed by atoms with Crippen LogP contribution in [0.3, 0.4) is 0 Å². The molecule has 1 unspecified atom stereocenters. The molecule has 0 saturated heterocycles. The molecule has 2 rings (SSSR count). The van der Waals surface area contributed by atoms with Gasteiger partial charge in [-0.25, -0.2) is 9.37 Å². The number of aromatic nitrogens is 1. The van der Waals surface area contributed by atoms with Crippen LogP contribution in [-0.4, -0.2) is 12.1 Å². The Bertz CT molecular complexity index is 643. The fraction of sp³-hybridized carbons (Fsp3) is 0.214. The molecular formula is C14H12F4N2O. The third-order valence-electron chi connectivity index (χ3n) is 2.99. The van der Waals surface area contributed by atoms with Crippen molar-refractivity contribution in [3.05, 3.63) is 59.0 Å².